The van der Waals surface area contributed by atoms with Gasteiger partial charge in [0.1, 0.15) is 0 Å². The molecule has 6 heteroatoms. The third-order valence-electron chi connectivity index (χ3n) is 3.06. The van der Waals surface area contributed by atoms with E-state index in [1.807, 2.05) is 0 Å². The molecule has 0 atom stereocenters. The molecule has 0 aromatic carbocycles. The number of aliphatic carboxylic acids is 1. The Morgan fingerprint density at radius 3 is 2.11 bits per heavy atom. The van der Waals surface area contributed by atoms with Crippen molar-refractivity contribution < 1.29 is 18.3 Å². The van der Waals surface area contributed by atoms with Gasteiger partial charge in [0.15, 0.2) is 14.6 Å². The van der Waals surface area contributed by atoms with Gasteiger partial charge in [-0.2, -0.15) is 5.26 Å². The van der Waals surface area contributed by atoms with E-state index >= 15 is 0 Å². The van der Waals surface area contributed by atoms with E-state index in [4.69, 9.17) is 10.4 Å². The average Bonchev–Trinajstić information content (AvgIpc) is 2.24. The molecule has 1 N–H and O–H groups in total. The Morgan fingerprint density at radius 2 is 1.72 bits per heavy atom. The Balaban J connectivity index is 4.41. The van der Waals surface area contributed by atoms with Crippen molar-refractivity contribution in [2.24, 2.45) is 5.41 Å². The lowest BCUT2D eigenvalue weighted by Gasteiger charge is -2.20. The quantitative estimate of drug-likeness (QED) is 0.717. The maximum Gasteiger partial charge on any atom is 0.324 e. The molecule has 0 aliphatic heterocycles. The zero-order valence-corrected chi connectivity index (χ0v) is 12.2. The summed E-state index contributed by atoms with van der Waals surface area (Å²) in [6.45, 7) is 5.99. The van der Waals surface area contributed by atoms with Gasteiger partial charge < -0.3 is 5.11 Å². The van der Waals surface area contributed by atoms with Crippen molar-refractivity contribution in [1.29, 1.82) is 5.26 Å². The third-order valence-corrected chi connectivity index (χ3v) is 5.62. The Morgan fingerprint density at radius 1 is 1.22 bits per heavy atom. The zero-order chi connectivity index (χ0) is 14.6. The number of nitriles is 1. The highest BCUT2D eigenvalue weighted by Gasteiger charge is 2.41. The molecule has 0 fully saturated rings. The number of carboxylic acids is 1. The number of rotatable bonds is 7. The largest absolute Gasteiger partial charge is 0.480 e. The van der Waals surface area contributed by atoms with Crippen LogP contribution in [0.1, 0.15) is 47.0 Å². The molecule has 0 bridgehead atoms. The van der Waals surface area contributed by atoms with Gasteiger partial charge in [-0.15, -0.1) is 0 Å². The van der Waals surface area contributed by atoms with E-state index in [9.17, 15) is 13.2 Å². The van der Waals surface area contributed by atoms with E-state index in [1.165, 1.54) is 13.8 Å². The van der Waals surface area contributed by atoms with Crippen molar-refractivity contribution in [2.75, 3.05) is 5.75 Å². The maximum absolute atomic E-state index is 11.8. The standard InChI is InChI=1S/C12H21NO4S/c1-11(2,9-13)7-5-6-8-18(16,17)12(3,4)10(14)15/h5-8H2,1-4H3,(H,14,15). The normalized spacial score (nSPS) is 13.1. The lowest BCUT2D eigenvalue weighted by atomic mass is 9.89. The molecule has 0 amide bonds. The molecule has 0 radical (unpaired) electrons. The van der Waals surface area contributed by atoms with Crippen LogP contribution in [0.25, 0.3) is 0 Å². The summed E-state index contributed by atoms with van der Waals surface area (Å²) in [4.78, 5) is 10.9. The van der Waals surface area contributed by atoms with E-state index in [0.717, 1.165) is 0 Å². The Bertz CT molecular complexity index is 443. The first-order valence-electron chi connectivity index (χ1n) is 5.83. The van der Waals surface area contributed by atoms with Crippen LogP contribution in [0.15, 0.2) is 0 Å². The minimum absolute atomic E-state index is 0.159. The zero-order valence-electron chi connectivity index (χ0n) is 11.4. The summed E-state index contributed by atoms with van der Waals surface area (Å²) in [5, 5.41) is 17.7. The van der Waals surface area contributed by atoms with Crippen molar-refractivity contribution >= 4 is 15.8 Å². The van der Waals surface area contributed by atoms with Gasteiger partial charge in [0.25, 0.3) is 0 Å². The van der Waals surface area contributed by atoms with Gasteiger partial charge in [-0.1, -0.05) is 6.42 Å². The van der Waals surface area contributed by atoms with Crippen LogP contribution in [0.5, 0.6) is 0 Å². The summed E-state index contributed by atoms with van der Waals surface area (Å²) in [6.07, 6.45) is 1.58. The molecule has 104 valence electrons. The molecule has 0 aromatic heterocycles. The molecule has 0 rings (SSSR count). The predicted molar refractivity (Wildman–Crippen MR) is 68.7 cm³/mol. The Labute approximate surface area is 109 Å². The van der Waals surface area contributed by atoms with Crippen molar-refractivity contribution in [1.82, 2.24) is 0 Å². The van der Waals surface area contributed by atoms with Gasteiger partial charge >= 0.3 is 5.97 Å². The van der Waals surface area contributed by atoms with Crippen LogP contribution >= 0.6 is 0 Å². The van der Waals surface area contributed by atoms with Crippen molar-refractivity contribution in [2.45, 2.75) is 51.7 Å². The molecule has 0 aliphatic rings. The highest BCUT2D eigenvalue weighted by Crippen LogP contribution is 2.24. The van der Waals surface area contributed by atoms with Gasteiger partial charge in [0, 0.05) is 0 Å². The second-order valence-electron chi connectivity index (χ2n) is 5.59. The third kappa shape index (κ3) is 4.30. The molecule has 5 nitrogen and oxygen atoms in total. The van der Waals surface area contributed by atoms with Crippen molar-refractivity contribution in [3.05, 3.63) is 0 Å². The fraction of sp³-hybridized carbons (Fsp3) is 0.833. The smallest absolute Gasteiger partial charge is 0.324 e. The lowest BCUT2D eigenvalue weighted by molar-refractivity contribution is -0.139. The SMILES string of the molecule is CC(C)(C#N)CCCCS(=O)(=O)C(C)(C)C(=O)O. The summed E-state index contributed by atoms with van der Waals surface area (Å²) in [7, 11) is -3.67. The van der Waals surface area contributed by atoms with E-state index in [-0.39, 0.29) is 5.75 Å². The second kappa shape index (κ2) is 5.70. The number of carbonyl (C=O) groups is 1. The molecular formula is C12H21NO4S. The minimum atomic E-state index is -3.67. The minimum Gasteiger partial charge on any atom is -0.480 e. The van der Waals surface area contributed by atoms with Gasteiger partial charge in [-0.25, -0.2) is 8.42 Å². The summed E-state index contributed by atoms with van der Waals surface area (Å²) in [5.41, 5.74) is -0.466. The van der Waals surface area contributed by atoms with Crippen LogP contribution in [0, 0.1) is 16.7 Å². The number of unbranched alkanes of at least 4 members (excludes halogenated alkanes) is 1. The second-order valence-corrected chi connectivity index (χ2v) is 8.25. The number of nitrogens with zero attached hydrogens (tertiary/aromatic N) is 1. The van der Waals surface area contributed by atoms with Crippen LogP contribution < -0.4 is 0 Å². The fourth-order valence-electron chi connectivity index (χ4n) is 1.30. The van der Waals surface area contributed by atoms with Gasteiger partial charge in [0.2, 0.25) is 0 Å². The first kappa shape index (κ1) is 16.9. The first-order valence-corrected chi connectivity index (χ1v) is 7.48. The number of hydrogen-bond acceptors (Lipinski definition) is 4. The molecule has 0 heterocycles. The molecule has 0 aliphatic carbocycles. The molecule has 0 spiro atoms. The molecule has 18 heavy (non-hydrogen) atoms. The number of hydrogen-bond donors (Lipinski definition) is 1. The van der Waals surface area contributed by atoms with Crippen molar-refractivity contribution in [3.8, 4) is 6.07 Å². The topological polar surface area (TPSA) is 95.2 Å². The van der Waals surface area contributed by atoms with Crippen LogP contribution in [0.4, 0.5) is 0 Å². The summed E-state index contributed by atoms with van der Waals surface area (Å²) in [5.74, 6) is -1.49. The maximum atomic E-state index is 11.8. The van der Waals surface area contributed by atoms with Crippen LogP contribution in [-0.2, 0) is 14.6 Å². The Kier molecular flexibility index (Phi) is 5.35. The van der Waals surface area contributed by atoms with Gasteiger partial charge in [-0.3, -0.25) is 4.79 Å². The van der Waals surface area contributed by atoms with Crippen LogP contribution in [0.3, 0.4) is 0 Å². The van der Waals surface area contributed by atoms with E-state index in [0.29, 0.717) is 19.3 Å². The fourth-order valence-corrected chi connectivity index (χ4v) is 2.66. The molecule has 0 unspecified atom stereocenters. The first-order chi connectivity index (χ1) is 7.96. The summed E-state index contributed by atoms with van der Waals surface area (Å²) in [6, 6.07) is 2.14. The summed E-state index contributed by atoms with van der Waals surface area (Å²) >= 11 is 0. The van der Waals surface area contributed by atoms with E-state index in [2.05, 4.69) is 6.07 Å². The number of carboxylic acid groups (broad SMARTS) is 1. The van der Waals surface area contributed by atoms with Crippen LogP contribution in [0.2, 0.25) is 0 Å². The van der Waals surface area contributed by atoms with Gasteiger partial charge in [0.05, 0.1) is 17.2 Å². The summed E-state index contributed by atoms with van der Waals surface area (Å²) < 4.78 is 21.9. The molecule has 0 saturated carbocycles. The van der Waals surface area contributed by atoms with Gasteiger partial charge in [-0.05, 0) is 40.5 Å². The average molecular weight is 275 g/mol. The molecular weight excluding hydrogens is 254 g/mol. The Hall–Kier alpha value is -1.09. The number of sulfone groups is 1. The van der Waals surface area contributed by atoms with Crippen LogP contribution in [-0.4, -0.2) is 30.0 Å². The lowest BCUT2D eigenvalue weighted by Crippen LogP contribution is -2.41. The van der Waals surface area contributed by atoms with Crippen molar-refractivity contribution in [3.63, 3.8) is 0 Å². The van der Waals surface area contributed by atoms with E-state index in [1.54, 1.807) is 13.8 Å². The molecule has 0 aromatic rings. The predicted octanol–water partition coefficient (Wildman–Crippen LogP) is 1.98. The van der Waals surface area contributed by atoms with E-state index < -0.39 is 26.0 Å². The highest BCUT2D eigenvalue weighted by atomic mass is 32.2. The highest BCUT2D eigenvalue weighted by molar-refractivity contribution is 7.93. The monoisotopic (exact) mass is 275 g/mol. The molecule has 0 saturated heterocycles.